The number of phenolic OH excluding ortho intramolecular Hbond substituents is 3. The van der Waals surface area contributed by atoms with Gasteiger partial charge in [0.25, 0.3) is 0 Å². The van der Waals surface area contributed by atoms with Crippen molar-refractivity contribution < 1.29 is 28.9 Å². The number of hydrogen-bond acceptors (Lipinski definition) is 10. The summed E-state index contributed by atoms with van der Waals surface area (Å²) in [5.41, 5.74) is 1.62. The third-order valence-electron chi connectivity index (χ3n) is 7.26. The van der Waals surface area contributed by atoms with Crippen molar-refractivity contribution in [2.45, 2.75) is 13.8 Å². The summed E-state index contributed by atoms with van der Waals surface area (Å²) in [5, 5.41) is 31.6. The number of hydrogen-bond donors (Lipinski definition) is 3. The van der Waals surface area contributed by atoms with Gasteiger partial charge in [-0.15, -0.1) is 0 Å². The molecule has 0 spiro atoms. The first-order valence-electron chi connectivity index (χ1n) is 14.8. The SMILES string of the molecule is Cc1cc(=O)c2c(O)cc(O)cc2o1.Cc1cc(=O)c2c(O)cc(Oc3ccnc4ccccc34)cc2o1.Clc1ccnc2ccccc12. The highest BCUT2D eigenvalue weighted by Crippen LogP contribution is 2.34. The molecule has 8 aromatic rings. The van der Waals surface area contributed by atoms with Crippen LogP contribution < -0.4 is 15.6 Å². The molecule has 4 heterocycles. The highest BCUT2D eigenvalue weighted by Gasteiger charge is 2.13. The molecule has 0 aliphatic rings. The van der Waals surface area contributed by atoms with Crippen LogP contribution >= 0.6 is 11.6 Å². The van der Waals surface area contributed by atoms with E-state index in [0.29, 0.717) is 23.0 Å². The van der Waals surface area contributed by atoms with Crippen LogP contribution in [0.15, 0.2) is 128 Å². The maximum atomic E-state index is 12.0. The van der Waals surface area contributed by atoms with Gasteiger partial charge in [-0.2, -0.15) is 0 Å². The lowest BCUT2D eigenvalue weighted by Crippen LogP contribution is -2.01. The first kappa shape index (κ1) is 32.5. The molecule has 11 heteroatoms. The molecular weight excluding hydrogens is 648 g/mol. The van der Waals surface area contributed by atoms with Crippen molar-refractivity contribution in [3.63, 3.8) is 0 Å². The molecule has 0 saturated heterocycles. The second kappa shape index (κ2) is 13.8. The molecular formula is C38H27ClN2O8. The summed E-state index contributed by atoms with van der Waals surface area (Å²) in [5.74, 6) is 1.32. The van der Waals surface area contributed by atoms with E-state index >= 15 is 0 Å². The van der Waals surface area contributed by atoms with Crippen molar-refractivity contribution in [1.29, 1.82) is 0 Å². The van der Waals surface area contributed by atoms with Crippen molar-refractivity contribution in [3.8, 4) is 28.7 Å². The van der Waals surface area contributed by atoms with Gasteiger partial charge in [-0.05, 0) is 44.2 Å². The van der Waals surface area contributed by atoms with Crippen LogP contribution in [0.25, 0.3) is 43.7 Å². The zero-order valence-corrected chi connectivity index (χ0v) is 26.8. The molecule has 3 N–H and O–H groups in total. The Balaban J connectivity index is 0.000000141. The highest BCUT2D eigenvalue weighted by molar-refractivity contribution is 6.35. The fourth-order valence-electron chi connectivity index (χ4n) is 5.14. The molecule has 0 atom stereocenters. The number of phenols is 3. The van der Waals surface area contributed by atoms with Gasteiger partial charge in [-0.3, -0.25) is 19.6 Å². The molecule has 8 rings (SSSR count). The number of aromatic nitrogens is 2. The van der Waals surface area contributed by atoms with Gasteiger partial charge in [0, 0.05) is 59.6 Å². The van der Waals surface area contributed by atoms with E-state index in [1.165, 1.54) is 24.3 Å². The second-order valence-corrected chi connectivity index (χ2v) is 11.2. The molecule has 0 amide bonds. The first-order valence-corrected chi connectivity index (χ1v) is 15.2. The summed E-state index contributed by atoms with van der Waals surface area (Å²) < 4.78 is 16.6. The zero-order valence-electron chi connectivity index (χ0n) is 26.0. The molecule has 4 aromatic heterocycles. The largest absolute Gasteiger partial charge is 0.508 e. The van der Waals surface area contributed by atoms with Gasteiger partial charge < -0.3 is 28.9 Å². The average Bonchev–Trinajstić information content (AvgIpc) is 3.05. The van der Waals surface area contributed by atoms with E-state index in [1.807, 2.05) is 48.5 Å². The maximum absolute atomic E-state index is 12.0. The molecule has 49 heavy (non-hydrogen) atoms. The van der Waals surface area contributed by atoms with Crippen LogP contribution in [0.5, 0.6) is 28.7 Å². The second-order valence-electron chi connectivity index (χ2n) is 10.8. The smallest absolute Gasteiger partial charge is 0.196 e. The van der Waals surface area contributed by atoms with Crippen LogP contribution in [0.2, 0.25) is 5.02 Å². The number of nitrogens with zero attached hydrogens (tertiary/aromatic N) is 2. The molecule has 0 saturated carbocycles. The van der Waals surface area contributed by atoms with Crippen molar-refractivity contribution >= 4 is 55.3 Å². The van der Waals surface area contributed by atoms with E-state index in [9.17, 15) is 24.9 Å². The van der Waals surface area contributed by atoms with Gasteiger partial charge in [-0.1, -0.05) is 41.9 Å². The summed E-state index contributed by atoms with van der Waals surface area (Å²) in [4.78, 5) is 31.9. The number of aryl methyl sites for hydroxylation is 2. The van der Waals surface area contributed by atoms with Gasteiger partial charge in [0.1, 0.15) is 62.2 Å². The number of aromatic hydroxyl groups is 3. The van der Waals surface area contributed by atoms with Crippen LogP contribution in [0.1, 0.15) is 11.5 Å². The van der Waals surface area contributed by atoms with E-state index in [0.717, 1.165) is 32.9 Å². The standard InChI is InChI=1S/C19H13NO4.C10H8O4.C9H6ClN/c1-11-8-15(21)19-16(22)9-12(10-18(19)23-11)24-17-6-7-20-14-5-3-2-4-13(14)17;1-5-2-7(12)10-8(13)3-6(11)4-9(10)14-5;10-8-5-6-11-9-4-2-1-3-7(8)9/h2-10,22H,1H3;2-4,11,13H,1H3;1-6H. The van der Waals surface area contributed by atoms with Crippen LogP contribution in [0.4, 0.5) is 0 Å². The van der Waals surface area contributed by atoms with Crippen LogP contribution in [0, 0.1) is 13.8 Å². The number of rotatable bonds is 2. The summed E-state index contributed by atoms with van der Waals surface area (Å²) in [6.45, 7) is 3.31. The summed E-state index contributed by atoms with van der Waals surface area (Å²) in [6, 6.07) is 27.0. The van der Waals surface area contributed by atoms with Crippen molar-refractivity contribution in [3.05, 3.63) is 146 Å². The number of para-hydroxylation sites is 2. The number of benzene rings is 4. The predicted molar refractivity (Wildman–Crippen MR) is 188 cm³/mol. The van der Waals surface area contributed by atoms with Crippen molar-refractivity contribution in [2.75, 3.05) is 0 Å². The summed E-state index contributed by atoms with van der Waals surface area (Å²) in [6.07, 6.45) is 3.37. The van der Waals surface area contributed by atoms with Gasteiger partial charge in [-0.25, -0.2) is 0 Å². The van der Waals surface area contributed by atoms with Gasteiger partial charge in [0.15, 0.2) is 10.9 Å². The van der Waals surface area contributed by atoms with Crippen LogP contribution in [0.3, 0.4) is 0 Å². The van der Waals surface area contributed by atoms with E-state index < -0.39 is 0 Å². The summed E-state index contributed by atoms with van der Waals surface area (Å²) in [7, 11) is 0. The number of fused-ring (bicyclic) bond motifs is 4. The summed E-state index contributed by atoms with van der Waals surface area (Å²) >= 11 is 5.92. The van der Waals surface area contributed by atoms with E-state index in [-0.39, 0.29) is 50.0 Å². The lowest BCUT2D eigenvalue weighted by Gasteiger charge is -2.10. The zero-order chi connectivity index (χ0) is 34.7. The fraction of sp³-hybridized carbons (Fsp3) is 0.0526. The van der Waals surface area contributed by atoms with E-state index in [1.54, 1.807) is 44.4 Å². The number of halogens is 1. The molecule has 4 aromatic carbocycles. The normalized spacial score (nSPS) is 10.8. The van der Waals surface area contributed by atoms with Gasteiger partial charge >= 0.3 is 0 Å². The topological polar surface area (TPSA) is 156 Å². The third kappa shape index (κ3) is 7.14. The van der Waals surface area contributed by atoms with Gasteiger partial charge in [0.2, 0.25) is 0 Å². The van der Waals surface area contributed by atoms with Crippen molar-refractivity contribution in [2.24, 2.45) is 0 Å². The maximum Gasteiger partial charge on any atom is 0.196 e. The predicted octanol–water partition coefficient (Wildman–Crippen LogP) is 8.55. The minimum atomic E-state index is -0.318. The molecule has 0 bridgehead atoms. The molecule has 0 aliphatic heterocycles. The highest BCUT2D eigenvalue weighted by atomic mass is 35.5. The molecule has 0 aliphatic carbocycles. The molecule has 0 unspecified atom stereocenters. The Labute approximate surface area is 282 Å². The third-order valence-corrected chi connectivity index (χ3v) is 7.59. The molecule has 10 nitrogen and oxygen atoms in total. The Bertz CT molecular complexity index is 2600. The molecule has 244 valence electrons. The quantitative estimate of drug-likeness (QED) is 0.162. The number of ether oxygens (including phenoxy) is 1. The average molecular weight is 675 g/mol. The monoisotopic (exact) mass is 674 g/mol. The lowest BCUT2D eigenvalue weighted by atomic mass is 10.2. The Kier molecular flexibility index (Phi) is 9.14. The Hall–Kier alpha value is -6.39. The Morgan fingerprint density at radius 2 is 1.16 bits per heavy atom. The Morgan fingerprint density at radius 1 is 0.633 bits per heavy atom. The Morgan fingerprint density at radius 3 is 1.80 bits per heavy atom. The van der Waals surface area contributed by atoms with Crippen LogP contribution in [-0.4, -0.2) is 25.3 Å². The van der Waals surface area contributed by atoms with E-state index in [2.05, 4.69) is 9.97 Å². The number of pyridine rings is 2. The first-order chi connectivity index (χ1) is 23.6. The molecule has 0 radical (unpaired) electrons. The minimum Gasteiger partial charge on any atom is -0.508 e. The molecule has 0 fully saturated rings. The lowest BCUT2D eigenvalue weighted by molar-refractivity contribution is 0.451. The van der Waals surface area contributed by atoms with E-state index in [4.69, 9.17) is 25.2 Å². The van der Waals surface area contributed by atoms with Gasteiger partial charge in [0.05, 0.1) is 16.1 Å². The minimum absolute atomic E-state index is 0.0911. The van der Waals surface area contributed by atoms with Crippen molar-refractivity contribution in [1.82, 2.24) is 9.97 Å². The fourth-order valence-corrected chi connectivity index (χ4v) is 5.36. The van der Waals surface area contributed by atoms with Crippen LogP contribution in [-0.2, 0) is 0 Å².